The summed E-state index contributed by atoms with van der Waals surface area (Å²) in [6, 6.07) is 18.0. The molecule has 2 aliphatic rings. The molecule has 2 fully saturated rings. The zero-order valence-corrected chi connectivity index (χ0v) is 17.3. The van der Waals surface area contributed by atoms with Gasteiger partial charge in [-0.15, -0.1) is 0 Å². The number of likely N-dealkylation sites (tertiary alicyclic amines) is 1. The van der Waals surface area contributed by atoms with Crippen LogP contribution in [0.2, 0.25) is 0 Å². The standard InChI is InChI=1S/C22H27N3O3S/c26-21(18-23-14-7-8-15-23)24-16-9-17-25(22(24)19-10-3-1-4-11-19)29(27,28)20-12-5-2-6-13-20/h1-6,10-13,22H,7-9,14-18H2/t22-/m1/s1. The number of benzene rings is 2. The van der Waals surface area contributed by atoms with Crippen LogP contribution in [0.1, 0.15) is 31.0 Å². The number of sulfonamides is 1. The topological polar surface area (TPSA) is 60.9 Å². The number of amides is 1. The molecule has 2 saturated heterocycles. The summed E-state index contributed by atoms with van der Waals surface area (Å²) >= 11 is 0. The number of nitrogens with zero attached hydrogens (tertiary/aromatic N) is 3. The van der Waals surface area contributed by atoms with E-state index in [-0.39, 0.29) is 10.8 Å². The zero-order valence-electron chi connectivity index (χ0n) is 16.5. The molecule has 2 aromatic carbocycles. The lowest BCUT2D eigenvalue weighted by Crippen LogP contribution is -2.53. The van der Waals surface area contributed by atoms with E-state index in [4.69, 9.17) is 0 Å². The Morgan fingerprint density at radius 1 is 0.828 bits per heavy atom. The fourth-order valence-electron chi connectivity index (χ4n) is 4.23. The third kappa shape index (κ3) is 4.22. The average Bonchev–Trinajstić information content (AvgIpc) is 3.27. The van der Waals surface area contributed by atoms with E-state index in [0.717, 1.165) is 31.5 Å². The smallest absolute Gasteiger partial charge is 0.245 e. The summed E-state index contributed by atoms with van der Waals surface area (Å²) in [6.45, 7) is 3.17. The first-order valence-electron chi connectivity index (χ1n) is 10.2. The Hall–Kier alpha value is -2.22. The normalized spacial score (nSPS) is 21.4. The van der Waals surface area contributed by atoms with Crippen LogP contribution in [-0.4, -0.2) is 61.2 Å². The number of hydrogen-bond donors (Lipinski definition) is 0. The van der Waals surface area contributed by atoms with Gasteiger partial charge in [0.25, 0.3) is 0 Å². The van der Waals surface area contributed by atoms with Crippen LogP contribution in [0.3, 0.4) is 0 Å². The molecule has 2 aromatic rings. The van der Waals surface area contributed by atoms with Gasteiger partial charge in [-0.05, 0) is 50.0 Å². The van der Waals surface area contributed by atoms with Gasteiger partial charge in [0.05, 0.1) is 11.4 Å². The molecule has 4 rings (SSSR count). The van der Waals surface area contributed by atoms with Crippen molar-refractivity contribution in [3.05, 3.63) is 66.2 Å². The minimum atomic E-state index is -3.73. The Morgan fingerprint density at radius 2 is 1.45 bits per heavy atom. The van der Waals surface area contributed by atoms with Crippen LogP contribution >= 0.6 is 0 Å². The summed E-state index contributed by atoms with van der Waals surface area (Å²) in [5, 5.41) is 0. The van der Waals surface area contributed by atoms with Gasteiger partial charge in [-0.1, -0.05) is 48.5 Å². The highest BCUT2D eigenvalue weighted by Gasteiger charge is 2.40. The van der Waals surface area contributed by atoms with Crippen LogP contribution in [0, 0.1) is 0 Å². The lowest BCUT2D eigenvalue weighted by molar-refractivity contribution is -0.139. The Kier molecular flexibility index (Phi) is 5.99. The first-order chi connectivity index (χ1) is 14.1. The van der Waals surface area contributed by atoms with Crippen LogP contribution in [0.5, 0.6) is 0 Å². The van der Waals surface area contributed by atoms with Crippen LogP contribution in [0.15, 0.2) is 65.6 Å². The van der Waals surface area contributed by atoms with E-state index in [1.54, 1.807) is 35.2 Å². The Bertz CT molecular complexity index is 928. The Balaban J connectivity index is 1.69. The van der Waals surface area contributed by atoms with E-state index >= 15 is 0 Å². The fraction of sp³-hybridized carbons (Fsp3) is 0.409. The Morgan fingerprint density at radius 3 is 2.10 bits per heavy atom. The van der Waals surface area contributed by atoms with Crippen molar-refractivity contribution in [1.82, 2.24) is 14.1 Å². The molecule has 7 heteroatoms. The van der Waals surface area contributed by atoms with Crippen molar-refractivity contribution in [2.75, 3.05) is 32.7 Å². The van der Waals surface area contributed by atoms with Crippen LogP contribution in [-0.2, 0) is 14.8 Å². The molecule has 29 heavy (non-hydrogen) atoms. The third-order valence-electron chi connectivity index (χ3n) is 5.67. The second-order valence-electron chi connectivity index (χ2n) is 7.64. The summed E-state index contributed by atoms with van der Waals surface area (Å²) in [7, 11) is -3.73. The molecule has 6 nitrogen and oxygen atoms in total. The summed E-state index contributed by atoms with van der Waals surface area (Å²) < 4.78 is 28.4. The minimum absolute atomic E-state index is 0.00582. The predicted octanol–water partition coefficient (Wildman–Crippen LogP) is 2.70. The maximum Gasteiger partial charge on any atom is 0.245 e. The van der Waals surface area contributed by atoms with Crippen molar-refractivity contribution in [2.45, 2.75) is 30.3 Å². The van der Waals surface area contributed by atoms with Crippen molar-refractivity contribution in [3.8, 4) is 0 Å². The number of rotatable bonds is 5. The molecular weight excluding hydrogens is 386 g/mol. The first kappa shape index (κ1) is 20.1. The van der Waals surface area contributed by atoms with Gasteiger partial charge in [0.1, 0.15) is 6.17 Å². The van der Waals surface area contributed by atoms with Gasteiger partial charge in [-0.3, -0.25) is 9.69 Å². The number of carbonyl (C=O) groups is 1. The second-order valence-corrected chi connectivity index (χ2v) is 9.53. The highest BCUT2D eigenvalue weighted by Crippen LogP contribution is 2.34. The Labute approximate surface area is 172 Å². The van der Waals surface area contributed by atoms with Crippen LogP contribution in [0.4, 0.5) is 0 Å². The molecule has 154 valence electrons. The molecular formula is C22H27N3O3S. The predicted molar refractivity (Wildman–Crippen MR) is 112 cm³/mol. The number of carbonyl (C=O) groups excluding carboxylic acids is 1. The maximum atomic E-state index is 13.5. The summed E-state index contributed by atoms with van der Waals surface area (Å²) in [6.07, 6.45) is 2.24. The number of hydrogen-bond acceptors (Lipinski definition) is 4. The first-order valence-corrected chi connectivity index (χ1v) is 11.6. The van der Waals surface area contributed by atoms with Crippen LogP contribution < -0.4 is 0 Å². The van der Waals surface area contributed by atoms with E-state index in [9.17, 15) is 13.2 Å². The molecule has 2 aliphatic heterocycles. The average molecular weight is 414 g/mol. The van der Waals surface area contributed by atoms with Gasteiger partial charge in [-0.2, -0.15) is 4.31 Å². The quantitative estimate of drug-likeness (QED) is 0.756. The molecule has 0 spiro atoms. The van der Waals surface area contributed by atoms with Gasteiger partial charge < -0.3 is 4.90 Å². The highest BCUT2D eigenvalue weighted by atomic mass is 32.2. The van der Waals surface area contributed by atoms with Crippen molar-refractivity contribution < 1.29 is 13.2 Å². The third-order valence-corrected chi connectivity index (χ3v) is 7.54. The van der Waals surface area contributed by atoms with E-state index in [1.807, 2.05) is 30.3 Å². The monoisotopic (exact) mass is 413 g/mol. The summed E-state index contributed by atoms with van der Waals surface area (Å²) in [5.74, 6) is -0.00582. The molecule has 0 N–H and O–H groups in total. The molecule has 0 unspecified atom stereocenters. The maximum absolute atomic E-state index is 13.5. The van der Waals surface area contributed by atoms with Crippen molar-refractivity contribution in [3.63, 3.8) is 0 Å². The molecule has 1 amide bonds. The summed E-state index contributed by atoms with van der Waals surface area (Å²) in [4.78, 5) is 17.4. The van der Waals surface area contributed by atoms with Gasteiger partial charge in [0.15, 0.2) is 0 Å². The SMILES string of the molecule is O=C(CN1CCCC1)N1CCCN(S(=O)(=O)c2ccccc2)[C@@H]1c1ccccc1. The largest absolute Gasteiger partial charge is 0.321 e. The molecule has 0 saturated carbocycles. The van der Waals surface area contributed by atoms with Crippen molar-refractivity contribution in [2.24, 2.45) is 0 Å². The minimum Gasteiger partial charge on any atom is -0.321 e. The molecule has 0 bridgehead atoms. The molecule has 0 aliphatic carbocycles. The molecule has 1 atom stereocenters. The van der Waals surface area contributed by atoms with E-state index in [1.165, 1.54) is 4.31 Å². The molecule has 2 heterocycles. The highest BCUT2D eigenvalue weighted by molar-refractivity contribution is 7.89. The van der Waals surface area contributed by atoms with E-state index in [2.05, 4.69) is 4.90 Å². The lowest BCUT2D eigenvalue weighted by atomic mass is 10.1. The van der Waals surface area contributed by atoms with Gasteiger partial charge >= 0.3 is 0 Å². The van der Waals surface area contributed by atoms with Gasteiger partial charge in [0, 0.05) is 13.1 Å². The van der Waals surface area contributed by atoms with Gasteiger partial charge in [-0.25, -0.2) is 8.42 Å². The molecule has 0 aromatic heterocycles. The van der Waals surface area contributed by atoms with Gasteiger partial charge in [0.2, 0.25) is 15.9 Å². The van der Waals surface area contributed by atoms with Crippen molar-refractivity contribution >= 4 is 15.9 Å². The van der Waals surface area contributed by atoms with Crippen LogP contribution in [0.25, 0.3) is 0 Å². The van der Waals surface area contributed by atoms with Crippen molar-refractivity contribution in [1.29, 1.82) is 0 Å². The lowest BCUT2D eigenvalue weighted by Gasteiger charge is -2.43. The fourth-order valence-corrected chi connectivity index (χ4v) is 5.87. The van der Waals surface area contributed by atoms with E-state index in [0.29, 0.717) is 26.1 Å². The van der Waals surface area contributed by atoms with E-state index < -0.39 is 16.2 Å². The second kappa shape index (κ2) is 8.65. The summed E-state index contributed by atoms with van der Waals surface area (Å²) in [5.41, 5.74) is 0.821. The molecule has 0 radical (unpaired) electrons. The zero-order chi connectivity index (χ0) is 20.3.